The molecule has 3 aromatic rings. The van der Waals surface area contributed by atoms with E-state index in [1.807, 2.05) is 46.2 Å². The predicted octanol–water partition coefficient (Wildman–Crippen LogP) is 4.18. The molecule has 4 rings (SSSR count). The molecule has 31 heavy (non-hydrogen) atoms. The Morgan fingerprint density at radius 3 is 2.58 bits per heavy atom. The number of nitrogens with zero attached hydrogens (tertiary/aromatic N) is 5. The minimum absolute atomic E-state index is 0.0752. The van der Waals surface area contributed by atoms with E-state index < -0.39 is 0 Å². The van der Waals surface area contributed by atoms with E-state index in [1.54, 1.807) is 19.3 Å². The first-order chi connectivity index (χ1) is 15.1. The largest absolute Gasteiger partial charge is 0.494 e. The number of carbonyl (C=O) groups is 1. The second-order valence-corrected chi connectivity index (χ2v) is 7.83. The van der Waals surface area contributed by atoms with E-state index in [0.29, 0.717) is 24.2 Å². The minimum Gasteiger partial charge on any atom is -0.494 e. The van der Waals surface area contributed by atoms with Crippen LogP contribution in [0.3, 0.4) is 0 Å². The van der Waals surface area contributed by atoms with Crippen molar-refractivity contribution in [2.75, 3.05) is 31.1 Å². The Kier molecular flexibility index (Phi) is 6.45. The topological polar surface area (TPSA) is 84.6 Å². The lowest BCUT2D eigenvalue weighted by molar-refractivity contribution is 0.214. The Labute approximate surface area is 181 Å². The number of hydrogen-bond donors (Lipinski definition) is 0. The van der Waals surface area contributed by atoms with Crippen LogP contribution in [0.15, 0.2) is 53.3 Å². The maximum Gasteiger partial charge on any atom is 0.324 e. The molecular weight excluding hydrogens is 394 g/mol. The molecule has 2 amide bonds. The fourth-order valence-corrected chi connectivity index (χ4v) is 3.56. The highest BCUT2D eigenvalue weighted by Crippen LogP contribution is 2.22. The van der Waals surface area contributed by atoms with Crippen molar-refractivity contribution >= 4 is 11.7 Å². The molecular formula is C23H27N5O3. The molecule has 1 aromatic carbocycles. The van der Waals surface area contributed by atoms with Gasteiger partial charge >= 0.3 is 6.03 Å². The quantitative estimate of drug-likeness (QED) is 0.515. The summed E-state index contributed by atoms with van der Waals surface area (Å²) in [5.41, 5.74) is 1.78. The lowest BCUT2D eigenvalue weighted by Crippen LogP contribution is -2.33. The zero-order valence-electron chi connectivity index (χ0n) is 17.9. The normalized spacial score (nSPS) is 14.8. The fraction of sp³-hybridized carbons (Fsp3) is 0.391. The third-order valence-electron chi connectivity index (χ3n) is 5.47. The molecule has 2 aromatic heterocycles. The molecule has 0 aliphatic carbocycles. The highest BCUT2D eigenvalue weighted by molar-refractivity contribution is 5.93. The van der Waals surface area contributed by atoms with Gasteiger partial charge in [-0.15, -0.1) is 0 Å². The first kappa shape index (κ1) is 20.8. The van der Waals surface area contributed by atoms with Gasteiger partial charge in [0.05, 0.1) is 6.61 Å². The molecule has 0 bridgehead atoms. The second-order valence-electron chi connectivity index (χ2n) is 7.83. The minimum atomic E-state index is 0.0752. The smallest absolute Gasteiger partial charge is 0.324 e. The first-order valence-corrected chi connectivity index (χ1v) is 10.6. The van der Waals surface area contributed by atoms with E-state index >= 15 is 0 Å². The molecule has 1 unspecified atom stereocenters. The van der Waals surface area contributed by atoms with Crippen molar-refractivity contribution in [3.05, 3.63) is 54.6 Å². The molecule has 0 radical (unpaired) electrons. The van der Waals surface area contributed by atoms with Gasteiger partial charge in [0.2, 0.25) is 0 Å². The zero-order chi connectivity index (χ0) is 21.6. The van der Waals surface area contributed by atoms with E-state index in [4.69, 9.17) is 9.26 Å². The second kappa shape index (κ2) is 9.59. The Balaban J connectivity index is 1.18. The number of aryl methyl sites for hydroxylation is 1. The highest BCUT2D eigenvalue weighted by atomic mass is 16.5. The molecule has 1 fully saturated rings. The van der Waals surface area contributed by atoms with Crippen molar-refractivity contribution < 1.29 is 14.1 Å². The Bertz CT molecular complexity index is 990. The zero-order valence-corrected chi connectivity index (χ0v) is 17.9. The number of hydrogen-bond acceptors (Lipinski definition) is 6. The summed E-state index contributed by atoms with van der Waals surface area (Å²) >= 11 is 0. The summed E-state index contributed by atoms with van der Waals surface area (Å²) in [6, 6.07) is 11.5. The molecule has 162 valence electrons. The SMILES string of the molecule is Cc1noc(-c2ccc(OCCC(C)CCN3CCN(c4ccncc4)C3=O)cc2)n1. The van der Waals surface area contributed by atoms with Crippen LogP contribution in [0.5, 0.6) is 5.75 Å². The van der Waals surface area contributed by atoms with Crippen molar-refractivity contribution in [3.63, 3.8) is 0 Å². The van der Waals surface area contributed by atoms with E-state index in [-0.39, 0.29) is 6.03 Å². The highest BCUT2D eigenvalue weighted by Gasteiger charge is 2.29. The van der Waals surface area contributed by atoms with Crippen molar-refractivity contribution in [2.24, 2.45) is 5.92 Å². The van der Waals surface area contributed by atoms with Gasteiger partial charge in [-0.1, -0.05) is 12.1 Å². The maximum atomic E-state index is 12.6. The van der Waals surface area contributed by atoms with E-state index in [0.717, 1.165) is 49.5 Å². The van der Waals surface area contributed by atoms with E-state index in [9.17, 15) is 4.79 Å². The lowest BCUT2D eigenvalue weighted by atomic mass is 10.0. The van der Waals surface area contributed by atoms with Gasteiger partial charge in [0.1, 0.15) is 5.75 Å². The van der Waals surface area contributed by atoms with Crippen LogP contribution >= 0.6 is 0 Å². The van der Waals surface area contributed by atoms with Crippen molar-refractivity contribution in [2.45, 2.75) is 26.7 Å². The number of ether oxygens (including phenoxy) is 1. The van der Waals surface area contributed by atoms with Crippen molar-refractivity contribution in [3.8, 4) is 17.2 Å². The summed E-state index contributed by atoms with van der Waals surface area (Å²) in [7, 11) is 0. The van der Waals surface area contributed by atoms with Crippen LogP contribution in [-0.2, 0) is 0 Å². The van der Waals surface area contributed by atoms with Crippen molar-refractivity contribution in [1.29, 1.82) is 0 Å². The molecule has 8 nitrogen and oxygen atoms in total. The number of carbonyl (C=O) groups excluding carboxylic acids is 1. The molecule has 8 heteroatoms. The summed E-state index contributed by atoms with van der Waals surface area (Å²) < 4.78 is 11.1. The summed E-state index contributed by atoms with van der Waals surface area (Å²) in [4.78, 5) is 24.6. The van der Waals surface area contributed by atoms with Gasteiger partial charge in [-0.3, -0.25) is 9.88 Å². The molecule has 3 heterocycles. The van der Waals surface area contributed by atoms with Crippen LogP contribution in [0, 0.1) is 12.8 Å². The first-order valence-electron chi connectivity index (χ1n) is 10.6. The van der Waals surface area contributed by atoms with Crippen LogP contribution in [0.2, 0.25) is 0 Å². The monoisotopic (exact) mass is 421 g/mol. The van der Waals surface area contributed by atoms with E-state index in [2.05, 4.69) is 22.0 Å². The number of anilines is 1. The Morgan fingerprint density at radius 2 is 1.87 bits per heavy atom. The summed E-state index contributed by atoms with van der Waals surface area (Å²) in [5, 5.41) is 3.81. The van der Waals surface area contributed by atoms with Crippen LogP contribution in [0.25, 0.3) is 11.5 Å². The molecule has 1 atom stereocenters. The number of rotatable bonds is 9. The van der Waals surface area contributed by atoms with Gasteiger partial charge in [0.15, 0.2) is 5.82 Å². The van der Waals surface area contributed by atoms with Gasteiger partial charge in [-0.05, 0) is 62.1 Å². The summed E-state index contributed by atoms with van der Waals surface area (Å²) in [6.45, 7) is 6.88. The predicted molar refractivity (Wildman–Crippen MR) is 117 cm³/mol. The molecule has 0 N–H and O–H groups in total. The Hall–Kier alpha value is -3.42. The number of pyridine rings is 1. The van der Waals surface area contributed by atoms with Gasteiger partial charge in [-0.25, -0.2) is 4.79 Å². The number of aromatic nitrogens is 3. The Morgan fingerprint density at radius 1 is 1.10 bits per heavy atom. The molecule has 0 saturated carbocycles. The summed E-state index contributed by atoms with van der Waals surface area (Å²) in [5.74, 6) is 2.40. The third-order valence-corrected chi connectivity index (χ3v) is 5.47. The molecule has 1 saturated heterocycles. The number of urea groups is 1. The van der Waals surface area contributed by atoms with Gasteiger partial charge in [-0.2, -0.15) is 4.98 Å². The van der Waals surface area contributed by atoms with Crippen LogP contribution in [-0.4, -0.2) is 52.3 Å². The third kappa shape index (κ3) is 5.20. The number of benzene rings is 1. The van der Waals surface area contributed by atoms with Crippen molar-refractivity contribution in [1.82, 2.24) is 20.0 Å². The average molecular weight is 422 g/mol. The van der Waals surface area contributed by atoms with Crippen LogP contribution < -0.4 is 9.64 Å². The standard InChI is InChI=1S/C23H27N5O3/c1-17(9-13-27-14-15-28(23(27)29)20-7-11-24-12-8-20)10-16-30-21-5-3-19(4-6-21)22-25-18(2)26-31-22/h3-8,11-12,17H,9-10,13-16H2,1-2H3. The molecule has 0 spiro atoms. The number of amides is 2. The maximum absolute atomic E-state index is 12.6. The van der Waals surface area contributed by atoms with Gasteiger partial charge in [0.25, 0.3) is 5.89 Å². The fourth-order valence-electron chi connectivity index (χ4n) is 3.56. The van der Waals surface area contributed by atoms with E-state index in [1.165, 1.54) is 0 Å². The van der Waals surface area contributed by atoms with Crippen LogP contribution in [0.4, 0.5) is 10.5 Å². The average Bonchev–Trinajstić information content (AvgIpc) is 3.39. The van der Waals surface area contributed by atoms with Crippen LogP contribution in [0.1, 0.15) is 25.6 Å². The van der Waals surface area contributed by atoms with Gasteiger partial charge in [0, 0.05) is 43.3 Å². The lowest BCUT2D eigenvalue weighted by Gasteiger charge is -2.20. The van der Waals surface area contributed by atoms with Gasteiger partial charge < -0.3 is 14.2 Å². The molecule has 1 aliphatic rings. The molecule has 1 aliphatic heterocycles. The summed E-state index contributed by atoms with van der Waals surface area (Å²) in [6.07, 6.45) is 5.31.